The lowest BCUT2D eigenvalue weighted by molar-refractivity contribution is 0.413. The van der Waals surface area contributed by atoms with Crippen LogP contribution in [0.5, 0.6) is 17.2 Å². The van der Waals surface area contributed by atoms with Crippen molar-refractivity contribution >= 4 is 44.2 Å². The number of pyridine rings is 2. The third-order valence-corrected chi connectivity index (χ3v) is 6.94. The molecule has 4 aromatic heterocycles. The van der Waals surface area contributed by atoms with Gasteiger partial charge in [0.1, 0.15) is 22.7 Å². The summed E-state index contributed by atoms with van der Waals surface area (Å²) in [4.78, 5) is 8.83. The van der Waals surface area contributed by atoms with Crippen molar-refractivity contribution in [1.82, 2.24) is 24.7 Å². The van der Waals surface area contributed by atoms with Gasteiger partial charge in [-0.25, -0.2) is 4.98 Å². The molecular weight excluding hydrogens is 500 g/mol. The van der Waals surface area contributed by atoms with E-state index in [-0.39, 0.29) is 0 Å². The molecule has 8 heteroatoms. The van der Waals surface area contributed by atoms with Gasteiger partial charge in [0.15, 0.2) is 11.6 Å². The Labute approximate surface area is 229 Å². The van der Waals surface area contributed by atoms with E-state index >= 15 is 0 Å². The summed E-state index contributed by atoms with van der Waals surface area (Å²) in [6.45, 7) is 0. The van der Waals surface area contributed by atoms with Gasteiger partial charge in [0.2, 0.25) is 0 Å². The summed E-state index contributed by atoms with van der Waals surface area (Å²) in [6.07, 6.45) is 5.41. The first kappa shape index (κ1) is 23.6. The molecule has 7 aromatic rings. The number of aryl methyl sites for hydroxylation is 1. The maximum atomic E-state index is 6.14. The van der Waals surface area contributed by atoms with Crippen LogP contribution in [-0.4, -0.2) is 31.8 Å². The van der Waals surface area contributed by atoms with Gasteiger partial charge in [0.25, 0.3) is 0 Å². The summed E-state index contributed by atoms with van der Waals surface area (Å²) in [7, 11) is 3.65. The van der Waals surface area contributed by atoms with Gasteiger partial charge >= 0.3 is 0 Å². The monoisotopic (exact) mass is 524 g/mol. The summed E-state index contributed by atoms with van der Waals surface area (Å²) in [6, 6.07) is 28.0. The molecule has 8 nitrogen and oxygen atoms in total. The number of aromatic nitrogens is 5. The van der Waals surface area contributed by atoms with Crippen LogP contribution in [0.3, 0.4) is 0 Å². The highest BCUT2D eigenvalue weighted by Gasteiger charge is 2.13. The Kier molecular flexibility index (Phi) is 5.70. The maximum Gasteiger partial charge on any atom is 0.161 e. The largest absolute Gasteiger partial charge is 0.495 e. The lowest BCUT2D eigenvalue weighted by Gasteiger charge is -2.12. The molecule has 194 valence electrons. The van der Waals surface area contributed by atoms with Crippen LogP contribution in [0.4, 0.5) is 11.5 Å². The van der Waals surface area contributed by atoms with Crippen LogP contribution in [0.25, 0.3) is 44.0 Å². The zero-order valence-electron chi connectivity index (χ0n) is 21.9. The van der Waals surface area contributed by atoms with Crippen LogP contribution in [0.2, 0.25) is 0 Å². The third-order valence-electron chi connectivity index (χ3n) is 6.94. The Morgan fingerprint density at radius 1 is 0.800 bits per heavy atom. The third kappa shape index (κ3) is 4.21. The quantitative estimate of drug-likeness (QED) is 0.245. The Balaban J connectivity index is 1.16. The van der Waals surface area contributed by atoms with Crippen LogP contribution in [0.1, 0.15) is 0 Å². The van der Waals surface area contributed by atoms with Gasteiger partial charge in [-0.15, -0.1) is 10.2 Å². The van der Waals surface area contributed by atoms with Gasteiger partial charge in [-0.05, 0) is 42.5 Å². The molecule has 0 saturated heterocycles. The number of fused-ring (bicyclic) bond motifs is 3. The molecule has 1 N–H and O–H groups in total. The maximum absolute atomic E-state index is 6.14. The Morgan fingerprint density at radius 3 is 2.50 bits per heavy atom. The Hall–Kier alpha value is -5.50. The molecule has 0 aliphatic rings. The predicted molar refractivity (Wildman–Crippen MR) is 157 cm³/mol. The van der Waals surface area contributed by atoms with Crippen molar-refractivity contribution in [2.45, 2.75) is 0 Å². The number of benzene rings is 3. The molecule has 0 aliphatic heterocycles. The number of hydrogen-bond donors (Lipinski definition) is 1. The number of methoxy groups -OCH3 is 1. The molecule has 0 aliphatic carbocycles. The molecule has 0 spiro atoms. The summed E-state index contributed by atoms with van der Waals surface area (Å²) < 4.78 is 13.5. The number of rotatable bonds is 6. The average Bonchev–Trinajstić information content (AvgIpc) is 3.38. The molecular formula is C32H24N6O2. The standard InChI is InChI=1S/C32H24N6O2/c1-38-16-14-20-17-21(7-12-28(20)38)30-25-5-3-4-6-26(25)32(37-36-30)35-22-8-10-23(11-9-22)40-29-13-15-33-27-18-24(39-2)19-34-31(27)29/h3-19H,1-2H3,(H,35,37). The van der Waals surface area contributed by atoms with Crippen LogP contribution >= 0.6 is 0 Å². The van der Waals surface area contributed by atoms with Crippen molar-refractivity contribution in [3.05, 3.63) is 104 Å². The fourth-order valence-electron chi connectivity index (χ4n) is 4.89. The number of nitrogens with one attached hydrogen (secondary N) is 1. The lowest BCUT2D eigenvalue weighted by Crippen LogP contribution is -1.99. The Bertz CT molecular complexity index is 2020. The number of anilines is 2. The predicted octanol–water partition coefficient (Wildman–Crippen LogP) is 7.28. The van der Waals surface area contributed by atoms with Crippen LogP contribution in [-0.2, 0) is 7.05 Å². The SMILES string of the molecule is COc1cnc2c(Oc3ccc(Nc4nnc(-c5ccc6c(ccn6C)c5)c5ccccc45)cc3)ccnc2c1. The molecule has 0 atom stereocenters. The lowest BCUT2D eigenvalue weighted by atomic mass is 10.0. The van der Waals surface area contributed by atoms with Gasteiger partial charge < -0.3 is 19.4 Å². The van der Waals surface area contributed by atoms with Gasteiger partial charge in [-0.3, -0.25) is 4.98 Å². The van der Waals surface area contributed by atoms with Gasteiger partial charge in [0.05, 0.1) is 18.8 Å². The first-order valence-electron chi connectivity index (χ1n) is 12.8. The van der Waals surface area contributed by atoms with Crippen molar-refractivity contribution in [3.8, 4) is 28.5 Å². The molecule has 0 saturated carbocycles. The normalized spacial score (nSPS) is 11.2. The molecule has 3 aromatic carbocycles. The molecule has 4 heterocycles. The van der Waals surface area contributed by atoms with Gasteiger partial charge in [0, 0.05) is 64.5 Å². The van der Waals surface area contributed by atoms with Crippen LogP contribution in [0.15, 0.2) is 104 Å². The van der Waals surface area contributed by atoms with E-state index in [1.807, 2.05) is 49.5 Å². The second-order valence-corrected chi connectivity index (χ2v) is 9.45. The summed E-state index contributed by atoms with van der Waals surface area (Å²) in [5.74, 6) is 2.63. The molecule has 0 fully saturated rings. The van der Waals surface area contributed by atoms with E-state index in [1.165, 1.54) is 10.9 Å². The zero-order chi connectivity index (χ0) is 27.1. The molecule has 0 amide bonds. The topological polar surface area (TPSA) is 87.0 Å². The van der Waals surface area contributed by atoms with Crippen molar-refractivity contribution < 1.29 is 9.47 Å². The van der Waals surface area contributed by atoms with Crippen LogP contribution < -0.4 is 14.8 Å². The van der Waals surface area contributed by atoms with Crippen molar-refractivity contribution in [3.63, 3.8) is 0 Å². The number of hydrogen-bond acceptors (Lipinski definition) is 7. The zero-order valence-corrected chi connectivity index (χ0v) is 21.9. The van der Waals surface area contributed by atoms with E-state index < -0.39 is 0 Å². The summed E-state index contributed by atoms with van der Waals surface area (Å²) in [5, 5.41) is 15.8. The number of ether oxygens (including phenoxy) is 2. The highest BCUT2D eigenvalue weighted by molar-refractivity contribution is 6.02. The first-order valence-corrected chi connectivity index (χ1v) is 12.8. The molecule has 7 rings (SSSR count). The number of nitrogens with zero attached hydrogens (tertiary/aromatic N) is 5. The van der Waals surface area contributed by atoms with Crippen molar-refractivity contribution in [2.24, 2.45) is 7.05 Å². The second kappa shape index (κ2) is 9.67. The highest BCUT2D eigenvalue weighted by atomic mass is 16.5. The van der Waals surface area contributed by atoms with E-state index in [4.69, 9.17) is 9.47 Å². The van der Waals surface area contributed by atoms with Crippen LogP contribution in [0, 0.1) is 0 Å². The summed E-state index contributed by atoms with van der Waals surface area (Å²) in [5.41, 5.74) is 5.30. The highest BCUT2D eigenvalue weighted by Crippen LogP contribution is 2.34. The molecule has 0 radical (unpaired) electrons. The minimum absolute atomic E-state index is 0.620. The van der Waals surface area contributed by atoms with Gasteiger partial charge in [-0.2, -0.15) is 0 Å². The first-order chi connectivity index (χ1) is 19.7. The molecule has 40 heavy (non-hydrogen) atoms. The van der Waals surface area contributed by atoms with Gasteiger partial charge in [-0.1, -0.05) is 30.3 Å². The van der Waals surface area contributed by atoms with Crippen molar-refractivity contribution in [1.29, 1.82) is 0 Å². The minimum atomic E-state index is 0.620. The Morgan fingerprint density at radius 2 is 1.65 bits per heavy atom. The van der Waals surface area contributed by atoms with E-state index in [1.54, 1.807) is 25.6 Å². The average molecular weight is 525 g/mol. The van der Waals surface area contributed by atoms with Crippen molar-refractivity contribution in [2.75, 3.05) is 12.4 Å². The fraction of sp³-hybridized carbons (Fsp3) is 0.0625. The molecule has 0 unspecified atom stereocenters. The smallest absolute Gasteiger partial charge is 0.161 e. The second-order valence-electron chi connectivity index (χ2n) is 9.45. The van der Waals surface area contributed by atoms with E-state index in [9.17, 15) is 0 Å². The summed E-state index contributed by atoms with van der Waals surface area (Å²) >= 11 is 0. The minimum Gasteiger partial charge on any atom is -0.495 e. The van der Waals surface area contributed by atoms with E-state index in [0.29, 0.717) is 34.1 Å². The van der Waals surface area contributed by atoms with E-state index in [2.05, 4.69) is 72.6 Å². The molecule has 0 bridgehead atoms. The fourth-order valence-corrected chi connectivity index (χ4v) is 4.89. The van der Waals surface area contributed by atoms with E-state index in [0.717, 1.165) is 27.7 Å².